The van der Waals surface area contributed by atoms with Crippen LogP contribution in [0.25, 0.3) is 0 Å². The van der Waals surface area contributed by atoms with E-state index in [1.54, 1.807) is 18.1 Å². The van der Waals surface area contributed by atoms with Crippen molar-refractivity contribution in [2.45, 2.75) is 25.4 Å². The fourth-order valence-corrected chi connectivity index (χ4v) is 3.81. The fourth-order valence-electron chi connectivity index (χ4n) is 3.81. The summed E-state index contributed by atoms with van der Waals surface area (Å²) in [5.74, 6) is 1.84. The highest BCUT2D eigenvalue weighted by Gasteiger charge is 2.33. The van der Waals surface area contributed by atoms with E-state index in [1.807, 2.05) is 37.3 Å². The molecule has 0 spiro atoms. The van der Waals surface area contributed by atoms with Gasteiger partial charge in [0, 0.05) is 19.0 Å². The zero-order chi connectivity index (χ0) is 19.0. The molecule has 1 N–H and O–H groups in total. The van der Waals surface area contributed by atoms with Crippen LogP contribution in [-0.2, 0) is 0 Å². The highest BCUT2D eigenvalue weighted by molar-refractivity contribution is 5.97. The zero-order valence-corrected chi connectivity index (χ0v) is 15.5. The number of rotatable bonds is 3. The molecule has 0 bridgehead atoms. The van der Waals surface area contributed by atoms with Crippen LogP contribution in [-0.4, -0.2) is 49.0 Å². The first-order chi connectivity index (χ1) is 13.1. The number of aliphatic hydroxyl groups excluding tert-OH is 1. The second kappa shape index (κ2) is 7.12. The predicted octanol–water partition coefficient (Wildman–Crippen LogP) is 2.72. The molecule has 2 aromatic carbocycles. The lowest BCUT2D eigenvalue weighted by Gasteiger charge is -2.36. The summed E-state index contributed by atoms with van der Waals surface area (Å²) in [6.07, 6.45) is 0.0413. The van der Waals surface area contributed by atoms with Gasteiger partial charge in [0.2, 0.25) is 6.79 Å². The number of aliphatic hydroxyl groups is 1. The van der Waals surface area contributed by atoms with Crippen molar-refractivity contribution in [1.82, 2.24) is 4.90 Å². The van der Waals surface area contributed by atoms with E-state index in [4.69, 9.17) is 14.2 Å². The summed E-state index contributed by atoms with van der Waals surface area (Å²) in [5, 5.41) is 10.7. The Morgan fingerprint density at radius 2 is 2.00 bits per heavy atom. The second-order valence-electron chi connectivity index (χ2n) is 7.03. The Hall–Kier alpha value is -2.73. The molecule has 0 saturated carbocycles. The Labute approximate surface area is 158 Å². The van der Waals surface area contributed by atoms with E-state index in [1.165, 1.54) is 0 Å². The standard InChI is InChI=1S/C21H23NO5/c1-13-3-5-18(25-2)16(9-13)21(24)22-8-7-15(17(23)11-22)14-4-6-19-20(10-14)27-12-26-19/h3-6,9-10,15,17,23H,7-8,11-12H2,1-2H3/t15-,17+/m0/s1. The van der Waals surface area contributed by atoms with Gasteiger partial charge in [-0.25, -0.2) is 0 Å². The van der Waals surface area contributed by atoms with Gasteiger partial charge in [-0.1, -0.05) is 17.7 Å². The number of β-amino-alcohol motifs (C(OH)–C–C–N with tert-alkyl or cyclic N) is 1. The number of hydrogen-bond donors (Lipinski definition) is 1. The van der Waals surface area contributed by atoms with Crippen molar-refractivity contribution in [2.75, 3.05) is 27.0 Å². The minimum Gasteiger partial charge on any atom is -0.496 e. The molecule has 0 aliphatic carbocycles. The van der Waals surface area contributed by atoms with Gasteiger partial charge in [0.15, 0.2) is 11.5 Å². The molecule has 0 radical (unpaired) electrons. The molecular formula is C21H23NO5. The van der Waals surface area contributed by atoms with Crippen LogP contribution in [0.2, 0.25) is 0 Å². The molecule has 2 aliphatic rings. The van der Waals surface area contributed by atoms with E-state index < -0.39 is 6.10 Å². The van der Waals surface area contributed by atoms with Crippen LogP contribution in [0.15, 0.2) is 36.4 Å². The second-order valence-corrected chi connectivity index (χ2v) is 7.03. The average Bonchev–Trinajstić information content (AvgIpc) is 3.15. The highest BCUT2D eigenvalue weighted by atomic mass is 16.7. The number of methoxy groups -OCH3 is 1. The topological polar surface area (TPSA) is 68.2 Å². The largest absolute Gasteiger partial charge is 0.496 e. The summed E-state index contributed by atoms with van der Waals surface area (Å²) in [4.78, 5) is 14.7. The predicted molar refractivity (Wildman–Crippen MR) is 99.6 cm³/mol. The van der Waals surface area contributed by atoms with Gasteiger partial charge in [-0.2, -0.15) is 0 Å². The Morgan fingerprint density at radius 1 is 1.19 bits per heavy atom. The molecule has 0 aromatic heterocycles. The van der Waals surface area contributed by atoms with Gasteiger partial charge in [-0.3, -0.25) is 4.79 Å². The maximum Gasteiger partial charge on any atom is 0.257 e. The van der Waals surface area contributed by atoms with Crippen LogP contribution in [0, 0.1) is 6.92 Å². The van der Waals surface area contributed by atoms with Crippen molar-refractivity contribution < 1.29 is 24.1 Å². The number of benzene rings is 2. The summed E-state index contributed by atoms with van der Waals surface area (Å²) in [6, 6.07) is 11.3. The lowest BCUT2D eigenvalue weighted by molar-refractivity contribution is 0.0379. The Kier molecular flexibility index (Phi) is 4.66. The van der Waals surface area contributed by atoms with Crippen molar-refractivity contribution in [1.29, 1.82) is 0 Å². The Morgan fingerprint density at radius 3 is 2.78 bits per heavy atom. The summed E-state index contributed by atoms with van der Waals surface area (Å²) >= 11 is 0. The summed E-state index contributed by atoms with van der Waals surface area (Å²) in [5.41, 5.74) is 2.54. The van der Waals surface area contributed by atoms with Crippen LogP contribution in [0.5, 0.6) is 17.2 Å². The smallest absolute Gasteiger partial charge is 0.257 e. The molecular weight excluding hydrogens is 346 g/mol. The van der Waals surface area contributed by atoms with Crippen molar-refractivity contribution in [3.63, 3.8) is 0 Å². The SMILES string of the molecule is COc1ccc(C)cc1C(=O)N1CC[C@@H](c2ccc3c(c2)OCO3)[C@H](O)C1. The number of likely N-dealkylation sites (tertiary alicyclic amines) is 1. The van der Waals surface area contributed by atoms with Crippen LogP contribution in [0.3, 0.4) is 0 Å². The number of carbonyl (C=O) groups is 1. The minimum atomic E-state index is -0.640. The highest BCUT2D eigenvalue weighted by Crippen LogP contribution is 2.38. The number of hydrogen-bond acceptors (Lipinski definition) is 5. The average molecular weight is 369 g/mol. The number of ether oxygens (including phenoxy) is 3. The van der Waals surface area contributed by atoms with E-state index >= 15 is 0 Å². The molecule has 1 saturated heterocycles. The third-order valence-electron chi connectivity index (χ3n) is 5.28. The van der Waals surface area contributed by atoms with Gasteiger partial charge in [0.25, 0.3) is 5.91 Å². The number of aryl methyl sites for hydroxylation is 1. The van der Waals surface area contributed by atoms with E-state index in [9.17, 15) is 9.90 Å². The maximum atomic E-state index is 13.0. The van der Waals surface area contributed by atoms with Crippen LogP contribution in [0.4, 0.5) is 0 Å². The van der Waals surface area contributed by atoms with Crippen molar-refractivity contribution in [3.05, 3.63) is 53.1 Å². The summed E-state index contributed by atoms with van der Waals surface area (Å²) in [7, 11) is 1.56. The number of nitrogens with zero attached hydrogens (tertiary/aromatic N) is 1. The number of carbonyl (C=O) groups excluding carboxylic acids is 1. The quantitative estimate of drug-likeness (QED) is 0.901. The first kappa shape index (κ1) is 17.7. The molecule has 2 aliphatic heterocycles. The molecule has 27 heavy (non-hydrogen) atoms. The van der Waals surface area contributed by atoms with Gasteiger partial charge in [0.05, 0.1) is 18.8 Å². The monoisotopic (exact) mass is 369 g/mol. The molecule has 6 heteroatoms. The van der Waals surface area contributed by atoms with Gasteiger partial charge in [0.1, 0.15) is 5.75 Å². The third kappa shape index (κ3) is 3.32. The first-order valence-electron chi connectivity index (χ1n) is 9.08. The van der Waals surface area contributed by atoms with Gasteiger partial charge >= 0.3 is 0 Å². The van der Waals surface area contributed by atoms with E-state index in [0.29, 0.717) is 30.0 Å². The molecule has 6 nitrogen and oxygen atoms in total. The maximum absolute atomic E-state index is 13.0. The van der Waals surface area contributed by atoms with Crippen molar-refractivity contribution in [2.24, 2.45) is 0 Å². The van der Waals surface area contributed by atoms with Gasteiger partial charge in [-0.05, 0) is 43.2 Å². The molecule has 1 fully saturated rings. The number of piperidine rings is 1. The normalized spacial score (nSPS) is 21.2. The van der Waals surface area contributed by atoms with E-state index in [-0.39, 0.29) is 25.2 Å². The van der Waals surface area contributed by atoms with Gasteiger partial charge < -0.3 is 24.2 Å². The summed E-state index contributed by atoms with van der Waals surface area (Å²) in [6.45, 7) is 3.03. The fraction of sp³-hybridized carbons (Fsp3) is 0.381. The van der Waals surface area contributed by atoms with Crippen molar-refractivity contribution in [3.8, 4) is 17.2 Å². The summed E-state index contributed by atoms with van der Waals surface area (Å²) < 4.78 is 16.1. The number of fused-ring (bicyclic) bond motifs is 1. The molecule has 4 rings (SSSR count). The van der Waals surface area contributed by atoms with Crippen LogP contribution < -0.4 is 14.2 Å². The van der Waals surface area contributed by atoms with E-state index in [0.717, 1.165) is 16.9 Å². The van der Waals surface area contributed by atoms with Crippen molar-refractivity contribution >= 4 is 5.91 Å². The first-order valence-corrected chi connectivity index (χ1v) is 9.08. The number of amides is 1. The lowest BCUT2D eigenvalue weighted by Crippen LogP contribution is -2.45. The molecule has 142 valence electrons. The van der Waals surface area contributed by atoms with E-state index in [2.05, 4.69) is 0 Å². The Bertz CT molecular complexity index is 866. The molecule has 2 heterocycles. The van der Waals surface area contributed by atoms with Gasteiger partial charge in [-0.15, -0.1) is 0 Å². The minimum absolute atomic E-state index is 0.0389. The molecule has 0 unspecified atom stereocenters. The van der Waals surface area contributed by atoms with Crippen LogP contribution >= 0.6 is 0 Å². The molecule has 1 amide bonds. The Balaban J connectivity index is 1.50. The lowest BCUT2D eigenvalue weighted by atomic mass is 9.86. The third-order valence-corrected chi connectivity index (χ3v) is 5.28. The zero-order valence-electron chi connectivity index (χ0n) is 15.5. The molecule has 2 atom stereocenters. The molecule has 2 aromatic rings. The van der Waals surface area contributed by atoms with Crippen LogP contribution in [0.1, 0.15) is 33.8 Å².